The van der Waals surface area contributed by atoms with Gasteiger partial charge in [0.15, 0.2) is 0 Å². The number of aliphatic hydroxyl groups is 3. The van der Waals surface area contributed by atoms with Gasteiger partial charge in [-0.05, 0) is 41.9 Å². The summed E-state index contributed by atoms with van der Waals surface area (Å²) in [6.07, 6.45) is 1.29. The molecule has 0 spiro atoms. The molecule has 7 atom stereocenters. The van der Waals surface area contributed by atoms with Crippen molar-refractivity contribution in [3.8, 4) is 0 Å². The lowest BCUT2D eigenvalue weighted by molar-refractivity contribution is -0.118. The second-order valence-electron chi connectivity index (χ2n) is 7.98. The van der Waals surface area contributed by atoms with Gasteiger partial charge in [0.25, 0.3) is 0 Å². The summed E-state index contributed by atoms with van der Waals surface area (Å²) in [5, 5.41) is 31.6. The Morgan fingerprint density at radius 1 is 0.889 bits per heavy atom. The second-order valence-corrected chi connectivity index (χ2v) is 7.98. The van der Waals surface area contributed by atoms with Gasteiger partial charge in [-0.2, -0.15) is 0 Å². The molecule has 3 fully saturated rings. The van der Waals surface area contributed by atoms with Gasteiger partial charge < -0.3 is 15.3 Å². The zero-order valence-corrected chi connectivity index (χ0v) is 11.8. The average molecular weight is 254 g/mol. The molecule has 104 valence electrons. The van der Waals surface area contributed by atoms with Gasteiger partial charge >= 0.3 is 0 Å². The Balaban J connectivity index is 2.16. The van der Waals surface area contributed by atoms with Gasteiger partial charge in [-0.3, -0.25) is 0 Å². The molecule has 0 aromatic carbocycles. The molecule has 0 aliphatic heterocycles. The van der Waals surface area contributed by atoms with Gasteiger partial charge in [0, 0.05) is 5.41 Å². The third-order valence-electron chi connectivity index (χ3n) is 7.12. The molecule has 0 aromatic rings. The zero-order valence-electron chi connectivity index (χ0n) is 11.8. The smallest absolute Gasteiger partial charge is 0.0638 e. The van der Waals surface area contributed by atoms with Crippen molar-refractivity contribution in [3.63, 3.8) is 0 Å². The van der Waals surface area contributed by atoms with Crippen LogP contribution < -0.4 is 0 Å². The van der Waals surface area contributed by atoms with E-state index in [2.05, 4.69) is 13.8 Å². The monoisotopic (exact) mass is 254 g/mol. The van der Waals surface area contributed by atoms with Crippen molar-refractivity contribution < 1.29 is 15.3 Å². The van der Waals surface area contributed by atoms with Crippen LogP contribution in [0.2, 0.25) is 0 Å². The molecule has 3 rings (SSSR count). The summed E-state index contributed by atoms with van der Waals surface area (Å²) in [5.74, 6) is 0.137. The summed E-state index contributed by atoms with van der Waals surface area (Å²) in [5.41, 5.74) is -0.550. The van der Waals surface area contributed by atoms with Crippen molar-refractivity contribution in [2.75, 3.05) is 0 Å². The van der Waals surface area contributed by atoms with E-state index in [0.717, 1.165) is 12.8 Å². The molecular formula is C15H26O3. The molecule has 0 aromatic heterocycles. The molecule has 0 radical (unpaired) electrons. The summed E-state index contributed by atoms with van der Waals surface area (Å²) in [6.45, 7) is 8.45. The molecule has 0 unspecified atom stereocenters. The minimum Gasteiger partial charge on any atom is -0.393 e. The first-order valence-electron chi connectivity index (χ1n) is 7.20. The van der Waals surface area contributed by atoms with E-state index in [1.165, 1.54) is 0 Å². The van der Waals surface area contributed by atoms with Crippen molar-refractivity contribution in [2.24, 2.45) is 28.1 Å². The van der Waals surface area contributed by atoms with Crippen LogP contribution in [0.3, 0.4) is 0 Å². The Labute approximate surface area is 109 Å². The summed E-state index contributed by atoms with van der Waals surface area (Å²) in [7, 11) is 0. The van der Waals surface area contributed by atoms with Crippen LogP contribution in [-0.2, 0) is 0 Å². The maximum Gasteiger partial charge on any atom is 0.0638 e. The van der Waals surface area contributed by atoms with Crippen LogP contribution in [0.5, 0.6) is 0 Å². The van der Waals surface area contributed by atoms with Crippen LogP contribution in [0.25, 0.3) is 0 Å². The van der Waals surface area contributed by atoms with Crippen molar-refractivity contribution in [2.45, 2.75) is 65.3 Å². The van der Waals surface area contributed by atoms with E-state index in [-0.39, 0.29) is 40.3 Å². The van der Waals surface area contributed by atoms with E-state index in [1.54, 1.807) is 0 Å². The van der Waals surface area contributed by atoms with Crippen LogP contribution in [0.1, 0.15) is 47.0 Å². The topological polar surface area (TPSA) is 60.7 Å². The summed E-state index contributed by atoms with van der Waals surface area (Å²) >= 11 is 0. The fourth-order valence-electron chi connectivity index (χ4n) is 5.64. The van der Waals surface area contributed by atoms with E-state index in [9.17, 15) is 15.3 Å². The fourth-order valence-corrected chi connectivity index (χ4v) is 5.64. The Kier molecular flexibility index (Phi) is 2.37. The minimum atomic E-state index is -0.402. The molecule has 3 heteroatoms. The highest BCUT2D eigenvalue weighted by molar-refractivity contribution is 5.23. The van der Waals surface area contributed by atoms with Crippen LogP contribution in [0.4, 0.5) is 0 Å². The highest BCUT2D eigenvalue weighted by Gasteiger charge is 2.74. The second kappa shape index (κ2) is 3.31. The lowest BCUT2D eigenvalue weighted by atomic mass is 9.62. The van der Waals surface area contributed by atoms with Crippen molar-refractivity contribution in [3.05, 3.63) is 0 Å². The Morgan fingerprint density at radius 3 is 2.11 bits per heavy atom. The molecule has 0 heterocycles. The molecule has 3 nitrogen and oxygen atoms in total. The van der Waals surface area contributed by atoms with E-state index in [1.807, 2.05) is 13.8 Å². The first-order chi connectivity index (χ1) is 8.16. The van der Waals surface area contributed by atoms with Crippen LogP contribution in [0, 0.1) is 28.1 Å². The standard InChI is InChI=1S/C15H26O3/c1-13(2)9(17)5-6-14(3)10-8(16)7-15(14,4)12(18)11(10)13/h8-12,16-18H,5-7H2,1-4H3/t8-,9-,10+,11+,12-,14+,15-/m1/s1. The van der Waals surface area contributed by atoms with E-state index >= 15 is 0 Å². The normalized spacial score (nSPS) is 61.8. The molecule has 3 saturated carbocycles. The Morgan fingerprint density at radius 2 is 1.50 bits per heavy atom. The maximum absolute atomic E-state index is 10.8. The summed E-state index contributed by atoms with van der Waals surface area (Å²) < 4.78 is 0. The molecule has 18 heavy (non-hydrogen) atoms. The van der Waals surface area contributed by atoms with E-state index < -0.39 is 6.10 Å². The minimum absolute atomic E-state index is 0.00810. The molecule has 3 aliphatic carbocycles. The quantitative estimate of drug-likeness (QED) is 0.614. The van der Waals surface area contributed by atoms with E-state index in [0.29, 0.717) is 6.42 Å². The number of hydrogen-bond donors (Lipinski definition) is 3. The predicted octanol–water partition coefficient (Wildman–Crippen LogP) is 1.55. The highest BCUT2D eigenvalue weighted by atomic mass is 16.3. The average Bonchev–Trinajstić information content (AvgIpc) is 2.52. The zero-order chi connectivity index (χ0) is 13.5. The highest BCUT2D eigenvalue weighted by Crippen LogP contribution is 2.73. The van der Waals surface area contributed by atoms with Gasteiger partial charge in [-0.15, -0.1) is 0 Å². The SMILES string of the molecule is CC1(C)[C@H]2[C@@H]3[C@H](O)C[C@](C)([C@@H]2O)[C@@]3(C)CC[C@H]1O. The maximum atomic E-state index is 10.8. The van der Waals surface area contributed by atoms with Gasteiger partial charge in [0.2, 0.25) is 0 Å². The summed E-state index contributed by atoms with van der Waals surface area (Å²) in [4.78, 5) is 0. The van der Waals surface area contributed by atoms with Crippen molar-refractivity contribution in [1.29, 1.82) is 0 Å². The van der Waals surface area contributed by atoms with E-state index in [4.69, 9.17) is 0 Å². The van der Waals surface area contributed by atoms with Crippen LogP contribution >= 0.6 is 0 Å². The third kappa shape index (κ3) is 1.13. The molecule has 3 aliphatic rings. The number of aliphatic hydroxyl groups excluding tert-OH is 3. The number of rotatable bonds is 0. The lowest BCUT2D eigenvalue weighted by Gasteiger charge is -2.47. The largest absolute Gasteiger partial charge is 0.393 e. The third-order valence-corrected chi connectivity index (χ3v) is 7.12. The van der Waals surface area contributed by atoms with Gasteiger partial charge in [0.05, 0.1) is 18.3 Å². The van der Waals surface area contributed by atoms with Gasteiger partial charge in [0.1, 0.15) is 0 Å². The Bertz CT molecular complexity index is 380. The molecule has 4 bridgehead atoms. The first-order valence-corrected chi connectivity index (χ1v) is 7.20. The van der Waals surface area contributed by atoms with Crippen molar-refractivity contribution >= 4 is 0 Å². The van der Waals surface area contributed by atoms with Crippen LogP contribution in [-0.4, -0.2) is 33.6 Å². The van der Waals surface area contributed by atoms with Crippen molar-refractivity contribution in [1.82, 2.24) is 0 Å². The fraction of sp³-hybridized carbons (Fsp3) is 1.00. The molecule has 0 amide bonds. The lowest BCUT2D eigenvalue weighted by Crippen LogP contribution is -2.50. The van der Waals surface area contributed by atoms with Gasteiger partial charge in [-0.25, -0.2) is 0 Å². The first kappa shape index (κ1) is 12.9. The summed E-state index contributed by atoms with van der Waals surface area (Å²) in [6, 6.07) is 0. The molecule has 3 N–H and O–H groups in total. The van der Waals surface area contributed by atoms with Gasteiger partial charge in [-0.1, -0.05) is 27.7 Å². The van der Waals surface area contributed by atoms with Crippen LogP contribution in [0.15, 0.2) is 0 Å². The number of hydrogen-bond acceptors (Lipinski definition) is 3. The Hall–Kier alpha value is -0.120. The molecule has 0 saturated heterocycles. The predicted molar refractivity (Wildman–Crippen MR) is 68.8 cm³/mol. The molecular weight excluding hydrogens is 228 g/mol.